The highest BCUT2D eigenvalue weighted by Crippen LogP contribution is 2.28. The molecule has 1 N–H and O–H groups in total. The second-order valence-electron chi connectivity index (χ2n) is 6.99. The highest BCUT2D eigenvalue weighted by Gasteiger charge is 2.26. The molecular weight excluding hydrogens is 428 g/mol. The number of amides is 1. The Morgan fingerprint density at radius 3 is 2.39 bits per heavy atom. The number of esters is 1. The molecular formula is C24H22N2O7. The Kier molecular flexibility index (Phi) is 7.59. The minimum atomic E-state index is -1.28. The van der Waals surface area contributed by atoms with E-state index >= 15 is 0 Å². The number of nitrogens with one attached hydrogen (secondary N) is 1. The molecule has 0 aliphatic heterocycles. The third-order valence-electron chi connectivity index (χ3n) is 4.61. The zero-order valence-electron chi connectivity index (χ0n) is 18.0. The number of carbonyl (C=O) groups is 2. The third kappa shape index (κ3) is 6.07. The zero-order valence-corrected chi connectivity index (χ0v) is 18.0. The Morgan fingerprint density at radius 1 is 1.00 bits per heavy atom. The largest absolute Gasteiger partial charge is 0.495 e. The molecule has 0 saturated heterocycles. The molecule has 0 aromatic heterocycles. The van der Waals surface area contributed by atoms with Crippen molar-refractivity contribution in [2.45, 2.75) is 13.0 Å². The number of rotatable bonds is 9. The van der Waals surface area contributed by atoms with Crippen LogP contribution in [-0.2, 0) is 14.3 Å². The van der Waals surface area contributed by atoms with E-state index in [1.165, 1.54) is 25.3 Å². The van der Waals surface area contributed by atoms with E-state index in [9.17, 15) is 19.7 Å². The maximum atomic E-state index is 13.1. The predicted molar refractivity (Wildman–Crippen MR) is 120 cm³/mol. The van der Waals surface area contributed by atoms with Crippen molar-refractivity contribution in [3.63, 3.8) is 0 Å². The van der Waals surface area contributed by atoms with Crippen LogP contribution in [0.4, 0.5) is 11.4 Å². The summed E-state index contributed by atoms with van der Waals surface area (Å²) in [5.41, 5.74) is 1.49. The fourth-order valence-corrected chi connectivity index (χ4v) is 3.05. The number of methoxy groups -OCH3 is 1. The normalized spacial score (nSPS) is 11.2. The standard InChI is InChI=1S/C24H22N2O7/c1-16-12-13-20(31-2)18(14-16)25-24(28)23(17-8-4-3-5-9-17)33-22(27)15-32-21-11-7-6-10-19(21)26(29)30/h3-14,23H,15H2,1-2H3,(H,25,28)/t23-/m1/s1. The maximum absolute atomic E-state index is 13.1. The van der Waals surface area contributed by atoms with Gasteiger partial charge >= 0.3 is 11.7 Å². The average molecular weight is 450 g/mol. The summed E-state index contributed by atoms with van der Waals surface area (Å²) in [5.74, 6) is -1.09. The lowest BCUT2D eigenvalue weighted by atomic mass is 10.1. The Bertz CT molecular complexity index is 1150. The number of benzene rings is 3. The summed E-state index contributed by atoms with van der Waals surface area (Å²) in [6, 6.07) is 19.4. The Labute approximate surface area is 190 Å². The van der Waals surface area contributed by atoms with Gasteiger partial charge in [0.15, 0.2) is 12.4 Å². The van der Waals surface area contributed by atoms with E-state index in [2.05, 4.69) is 5.32 Å². The molecule has 1 atom stereocenters. The van der Waals surface area contributed by atoms with Gasteiger partial charge in [-0.25, -0.2) is 4.79 Å². The molecule has 0 unspecified atom stereocenters. The van der Waals surface area contributed by atoms with Crippen molar-refractivity contribution in [3.8, 4) is 11.5 Å². The third-order valence-corrected chi connectivity index (χ3v) is 4.61. The number of hydrogen-bond donors (Lipinski definition) is 1. The van der Waals surface area contributed by atoms with E-state index in [0.29, 0.717) is 17.0 Å². The first-order valence-electron chi connectivity index (χ1n) is 9.95. The van der Waals surface area contributed by atoms with Crippen LogP contribution < -0.4 is 14.8 Å². The van der Waals surface area contributed by atoms with Crippen LogP contribution in [-0.4, -0.2) is 30.5 Å². The number of aryl methyl sites for hydroxylation is 1. The molecule has 9 nitrogen and oxygen atoms in total. The van der Waals surface area contributed by atoms with E-state index < -0.39 is 29.5 Å². The van der Waals surface area contributed by atoms with Crippen LogP contribution in [0.15, 0.2) is 72.8 Å². The smallest absolute Gasteiger partial charge is 0.345 e. The van der Waals surface area contributed by atoms with Crippen LogP contribution in [0.25, 0.3) is 0 Å². The van der Waals surface area contributed by atoms with Crippen LogP contribution in [0.2, 0.25) is 0 Å². The minimum absolute atomic E-state index is 0.0790. The van der Waals surface area contributed by atoms with E-state index in [1.807, 2.05) is 13.0 Å². The summed E-state index contributed by atoms with van der Waals surface area (Å²) in [5, 5.41) is 13.8. The maximum Gasteiger partial charge on any atom is 0.345 e. The van der Waals surface area contributed by atoms with Gasteiger partial charge in [-0.05, 0) is 30.7 Å². The van der Waals surface area contributed by atoms with Crippen molar-refractivity contribution in [2.24, 2.45) is 0 Å². The van der Waals surface area contributed by atoms with Gasteiger partial charge in [0.1, 0.15) is 5.75 Å². The number of anilines is 1. The number of hydrogen-bond acceptors (Lipinski definition) is 7. The Morgan fingerprint density at radius 2 is 1.70 bits per heavy atom. The van der Waals surface area contributed by atoms with E-state index in [0.717, 1.165) is 5.56 Å². The van der Waals surface area contributed by atoms with Gasteiger partial charge in [-0.2, -0.15) is 0 Å². The van der Waals surface area contributed by atoms with Gasteiger partial charge in [-0.3, -0.25) is 14.9 Å². The van der Waals surface area contributed by atoms with Crippen molar-refractivity contribution in [1.29, 1.82) is 0 Å². The molecule has 1 amide bonds. The average Bonchev–Trinajstić information content (AvgIpc) is 2.82. The van der Waals surface area contributed by atoms with Gasteiger partial charge in [0.05, 0.1) is 17.7 Å². The molecule has 170 valence electrons. The first-order valence-corrected chi connectivity index (χ1v) is 9.95. The molecule has 3 aromatic rings. The van der Waals surface area contributed by atoms with E-state index in [4.69, 9.17) is 14.2 Å². The van der Waals surface area contributed by atoms with Gasteiger partial charge in [0.2, 0.25) is 6.10 Å². The molecule has 33 heavy (non-hydrogen) atoms. The fraction of sp³-hybridized carbons (Fsp3) is 0.167. The van der Waals surface area contributed by atoms with Crippen molar-refractivity contribution >= 4 is 23.3 Å². The van der Waals surface area contributed by atoms with E-state index in [-0.39, 0.29) is 11.4 Å². The molecule has 0 saturated carbocycles. The number of para-hydroxylation sites is 2. The van der Waals surface area contributed by atoms with Crippen LogP contribution in [0.5, 0.6) is 11.5 Å². The summed E-state index contributed by atoms with van der Waals surface area (Å²) in [7, 11) is 1.48. The van der Waals surface area contributed by atoms with Crippen LogP contribution in [0.1, 0.15) is 17.2 Å². The van der Waals surface area contributed by atoms with Crippen molar-refractivity contribution in [3.05, 3.63) is 94.0 Å². The summed E-state index contributed by atoms with van der Waals surface area (Å²) < 4.78 is 16.0. The van der Waals surface area contributed by atoms with Gasteiger partial charge in [-0.1, -0.05) is 48.5 Å². The van der Waals surface area contributed by atoms with Crippen molar-refractivity contribution < 1.29 is 28.7 Å². The minimum Gasteiger partial charge on any atom is -0.495 e. The van der Waals surface area contributed by atoms with E-state index in [1.54, 1.807) is 48.5 Å². The summed E-state index contributed by atoms with van der Waals surface area (Å²) in [6.45, 7) is 1.25. The first-order chi connectivity index (χ1) is 15.9. The number of ether oxygens (including phenoxy) is 3. The molecule has 9 heteroatoms. The molecule has 0 spiro atoms. The van der Waals surface area contributed by atoms with Gasteiger partial charge in [-0.15, -0.1) is 0 Å². The SMILES string of the molecule is COc1ccc(C)cc1NC(=O)[C@H](OC(=O)COc1ccccc1[N+](=O)[O-])c1ccccc1. The van der Waals surface area contributed by atoms with Crippen LogP contribution in [0, 0.1) is 17.0 Å². The molecule has 0 bridgehead atoms. The van der Waals surface area contributed by atoms with Crippen molar-refractivity contribution in [2.75, 3.05) is 19.0 Å². The highest BCUT2D eigenvalue weighted by atomic mass is 16.6. The van der Waals surface area contributed by atoms with Crippen molar-refractivity contribution in [1.82, 2.24) is 0 Å². The number of nitro groups is 1. The van der Waals surface area contributed by atoms with Gasteiger partial charge in [0.25, 0.3) is 5.91 Å². The van der Waals surface area contributed by atoms with Gasteiger partial charge in [0, 0.05) is 11.6 Å². The lowest BCUT2D eigenvalue weighted by Gasteiger charge is -2.19. The molecule has 0 aliphatic rings. The Balaban J connectivity index is 1.76. The first kappa shape index (κ1) is 23.3. The fourth-order valence-electron chi connectivity index (χ4n) is 3.05. The molecule has 3 rings (SSSR count). The monoisotopic (exact) mass is 450 g/mol. The molecule has 3 aromatic carbocycles. The number of carbonyl (C=O) groups excluding carboxylic acids is 2. The number of nitro benzene ring substituents is 1. The predicted octanol–water partition coefficient (Wildman–Crippen LogP) is 4.21. The Hall–Kier alpha value is -4.40. The topological polar surface area (TPSA) is 117 Å². The second kappa shape index (κ2) is 10.8. The molecule has 0 fully saturated rings. The quantitative estimate of drug-likeness (QED) is 0.295. The molecule has 0 heterocycles. The lowest BCUT2D eigenvalue weighted by Crippen LogP contribution is -2.28. The number of nitrogens with zero attached hydrogens (tertiary/aromatic N) is 1. The zero-order chi connectivity index (χ0) is 23.8. The van der Waals surface area contributed by atoms with Gasteiger partial charge < -0.3 is 19.5 Å². The highest BCUT2D eigenvalue weighted by molar-refractivity contribution is 5.97. The van der Waals surface area contributed by atoms with Crippen LogP contribution >= 0.6 is 0 Å². The molecule has 0 aliphatic carbocycles. The lowest BCUT2D eigenvalue weighted by molar-refractivity contribution is -0.385. The summed E-state index contributed by atoms with van der Waals surface area (Å²) in [4.78, 5) is 36.1. The van der Waals surface area contributed by atoms with Crippen LogP contribution in [0.3, 0.4) is 0 Å². The molecule has 0 radical (unpaired) electrons. The summed E-state index contributed by atoms with van der Waals surface area (Å²) >= 11 is 0. The second-order valence-corrected chi connectivity index (χ2v) is 6.99. The summed E-state index contributed by atoms with van der Waals surface area (Å²) in [6.07, 6.45) is -1.28.